The molecule has 0 saturated carbocycles. The molecule has 0 radical (unpaired) electrons. The number of hydrogen-bond donors (Lipinski definition) is 0. The Morgan fingerprint density at radius 2 is 1.04 bits per heavy atom. The van der Waals surface area contributed by atoms with E-state index in [1.165, 1.54) is 83.1 Å². The Bertz CT molecular complexity index is 353. The normalized spacial score (nSPS) is 11.7. The third-order valence-electron chi connectivity index (χ3n) is 3.99. The average molecular weight is 371 g/mol. The Balaban J connectivity index is 0. The van der Waals surface area contributed by atoms with Gasteiger partial charge in [0.15, 0.2) is 0 Å². The fraction of sp³-hybridized carbons (Fsp3) is 0.889. The first kappa shape index (κ1) is 26.5. The third kappa shape index (κ3) is 25.6. The van der Waals surface area contributed by atoms with Crippen molar-refractivity contribution in [3.05, 3.63) is 11.5 Å². The van der Waals surface area contributed by atoms with Gasteiger partial charge in [-0.3, -0.25) is 0 Å². The molecule has 0 unspecified atom stereocenters. The molecule has 0 aromatic carbocycles. The molecule has 0 aliphatic rings. The van der Waals surface area contributed by atoms with Crippen LogP contribution in [-0.2, 0) is 10.1 Å². The van der Waals surface area contributed by atoms with Crippen LogP contribution in [0.25, 0.3) is 0 Å². The summed E-state index contributed by atoms with van der Waals surface area (Å²) in [6.07, 6.45) is 20.5. The maximum absolute atomic E-state index is 10.3. The molecule has 0 aliphatic carbocycles. The van der Waals surface area contributed by atoms with E-state index in [-0.39, 0.29) is 51.4 Å². The van der Waals surface area contributed by atoms with Crippen molar-refractivity contribution >= 4 is 10.1 Å². The molecule has 23 heavy (non-hydrogen) atoms. The smallest absolute Gasteiger partial charge is 0.744 e. The largest absolute Gasteiger partial charge is 1.00 e. The van der Waals surface area contributed by atoms with Crippen LogP contribution in [0.1, 0.15) is 103 Å². The molecule has 0 amide bonds. The van der Waals surface area contributed by atoms with Gasteiger partial charge in [-0.25, -0.2) is 8.42 Å². The fourth-order valence-electron chi connectivity index (χ4n) is 2.64. The predicted octanol–water partition coefficient (Wildman–Crippen LogP) is 2.92. The van der Waals surface area contributed by atoms with Crippen LogP contribution in [0.3, 0.4) is 0 Å². The van der Waals surface area contributed by atoms with Crippen molar-refractivity contribution in [1.82, 2.24) is 0 Å². The second-order valence-corrected chi connectivity index (χ2v) is 7.51. The summed E-state index contributed by atoms with van der Waals surface area (Å²) in [5.41, 5.74) is 0. The number of unbranched alkanes of at least 4 members (excludes halogenated alkanes) is 14. The van der Waals surface area contributed by atoms with Gasteiger partial charge in [0.1, 0.15) is 10.1 Å². The van der Waals surface area contributed by atoms with Gasteiger partial charge in [-0.15, -0.1) is 0 Å². The van der Waals surface area contributed by atoms with Crippen molar-refractivity contribution in [2.75, 3.05) is 0 Å². The zero-order valence-corrected chi connectivity index (χ0v) is 19.3. The molecule has 0 spiro atoms. The Morgan fingerprint density at radius 1 is 0.696 bits per heavy atom. The summed E-state index contributed by atoms with van der Waals surface area (Å²) in [5.74, 6) is 0. The summed E-state index contributed by atoms with van der Waals surface area (Å²) in [7, 11) is -4.17. The molecule has 0 aliphatic heterocycles. The van der Waals surface area contributed by atoms with Gasteiger partial charge >= 0.3 is 51.4 Å². The van der Waals surface area contributed by atoms with E-state index in [0.29, 0.717) is 6.42 Å². The molecule has 0 fully saturated rings. The number of allylic oxidation sites excluding steroid dienone is 1. The van der Waals surface area contributed by atoms with Gasteiger partial charge in [-0.1, -0.05) is 96.5 Å². The molecule has 0 bridgehead atoms. The van der Waals surface area contributed by atoms with Crippen LogP contribution in [0.5, 0.6) is 0 Å². The summed E-state index contributed by atoms with van der Waals surface area (Å²) in [6.45, 7) is 2.26. The molecule has 0 aromatic rings. The van der Waals surface area contributed by atoms with Gasteiger partial charge in [0.05, 0.1) is 0 Å². The monoisotopic (exact) mass is 370 g/mol. The van der Waals surface area contributed by atoms with E-state index >= 15 is 0 Å². The van der Waals surface area contributed by atoms with Gasteiger partial charge in [-0.05, 0) is 12.8 Å². The minimum Gasteiger partial charge on any atom is -0.744 e. The van der Waals surface area contributed by atoms with Crippen molar-refractivity contribution in [3.63, 3.8) is 0 Å². The molecule has 0 rings (SSSR count). The molecule has 0 saturated heterocycles. The Morgan fingerprint density at radius 3 is 1.39 bits per heavy atom. The van der Waals surface area contributed by atoms with E-state index in [1.54, 1.807) is 0 Å². The van der Waals surface area contributed by atoms with E-state index in [0.717, 1.165) is 18.2 Å². The van der Waals surface area contributed by atoms with Crippen LogP contribution in [-0.4, -0.2) is 13.0 Å². The average Bonchev–Trinajstić information content (AvgIpc) is 2.45. The molecule has 0 atom stereocenters. The SMILES string of the molecule is CCCCCCCCCCCCCCCCC=CS(=O)(=O)[O-].[K+]. The van der Waals surface area contributed by atoms with Crippen LogP contribution in [0.2, 0.25) is 0 Å². The van der Waals surface area contributed by atoms with E-state index < -0.39 is 10.1 Å². The topological polar surface area (TPSA) is 57.2 Å². The van der Waals surface area contributed by atoms with Crippen molar-refractivity contribution < 1.29 is 64.4 Å². The Labute approximate surface area is 187 Å². The van der Waals surface area contributed by atoms with Gasteiger partial charge in [0.2, 0.25) is 0 Å². The Hall–Kier alpha value is 1.29. The molecular formula is C18H35KO3S. The van der Waals surface area contributed by atoms with Crippen LogP contribution >= 0.6 is 0 Å². The second kappa shape index (κ2) is 19.6. The minimum absolute atomic E-state index is 0. The van der Waals surface area contributed by atoms with E-state index in [9.17, 15) is 13.0 Å². The zero-order valence-electron chi connectivity index (χ0n) is 15.4. The molecule has 5 heteroatoms. The summed E-state index contributed by atoms with van der Waals surface area (Å²) in [4.78, 5) is 0. The molecule has 3 nitrogen and oxygen atoms in total. The van der Waals surface area contributed by atoms with Crippen LogP contribution in [0, 0.1) is 0 Å². The van der Waals surface area contributed by atoms with Crippen molar-refractivity contribution in [3.8, 4) is 0 Å². The fourth-order valence-corrected chi connectivity index (χ4v) is 3.01. The van der Waals surface area contributed by atoms with Crippen molar-refractivity contribution in [1.29, 1.82) is 0 Å². The standard InChI is InChI=1S/C18H36O3S.K/c1-2-3-4-5-6-7-8-9-10-11-12-13-14-15-16-17-18-22(19,20)21;/h17-18H,2-16H2,1H3,(H,19,20,21);/q;+1/p-1. The second-order valence-electron chi connectivity index (χ2n) is 6.25. The summed E-state index contributed by atoms with van der Waals surface area (Å²) in [5, 5.41) is 0.773. The van der Waals surface area contributed by atoms with Crippen LogP contribution < -0.4 is 51.4 Å². The Kier molecular flexibility index (Phi) is 22.6. The summed E-state index contributed by atoms with van der Waals surface area (Å²) in [6, 6.07) is 0. The van der Waals surface area contributed by atoms with E-state index in [4.69, 9.17) is 0 Å². The van der Waals surface area contributed by atoms with Crippen LogP contribution in [0.4, 0.5) is 0 Å². The molecular weight excluding hydrogens is 335 g/mol. The molecule has 132 valence electrons. The van der Waals surface area contributed by atoms with Gasteiger partial charge in [0.25, 0.3) is 0 Å². The zero-order chi connectivity index (χ0) is 16.5. The predicted molar refractivity (Wildman–Crippen MR) is 93.8 cm³/mol. The maximum Gasteiger partial charge on any atom is 1.00 e. The van der Waals surface area contributed by atoms with Gasteiger partial charge in [0, 0.05) is 5.41 Å². The van der Waals surface area contributed by atoms with Gasteiger partial charge in [-0.2, -0.15) is 0 Å². The third-order valence-corrected chi connectivity index (χ3v) is 4.51. The van der Waals surface area contributed by atoms with Crippen molar-refractivity contribution in [2.45, 2.75) is 103 Å². The summed E-state index contributed by atoms with van der Waals surface area (Å²) < 4.78 is 31.0. The summed E-state index contributed by atoms with van der Waals surface area (Å²) >= 11 is 0. The quantitative estimate of drug-likeness (QED) is 0.238. The first-order chi connectivity index (χ1) is 10.6. The number of rotatable bonds is 16. The molecule has 0 aromatic heterocycles. The van der Waals surface area contributed by atoms with E-state index in [2.05, 4.69) is 6.92 Å². The minimum atomic E-state index is -4.17. The maximum atomic E-state index is 10.3. The van der Waals surface area contributed by atoms with Crippen molar-refractivity contribution in [2.24, 2.45) is 0 Å². The van der Waals surface area contributed by atoms with Crippen LogP contribution in [0.15, 0.2) is 11.5 Å². The first-order valence-corrected chi connectivity index (χ1v) is 10.7. The van der Waals surface area contributed by atoms with E-state index in [1.807, 2.05) is 0 Å². The first-order valence-electron chi connectivity index (χ1n) is 9.18. The molecule has 0 heterocycles. The van der Waals surface area contributed by atoms with Gasteiger partial charge < -0.3 is 4.55 Å². The number of hydrogen-bond acceptors (Lipinski definition) is 3. The molecule has 0 N–H and O–H groups in total.